The van der Waals surface area contributed by atoms with Crippen molar-refractivity contribution in [3.8, 4) is 0 Å². The van der Waals surface area contributed by atoms with Crippen LogP contribution < -0.4 is 10.0 Å². The molecule has 1 unspecified atom stereocenters. The number of nitrogens with one attached hydrogen (secondary N) is 2. The zero-order valence-corrected chi connectivity index (χ0v) is 11.9. The van der Waals surface area contributed by atoms with Crippen molar-refractivity contribution in [3.63, 3.8) is 0 Å². The standard InChI is InChI=1S/C13H16N4O2S/c1-10-8-17(9-15-10)20(18,19)16-13-4-2-3-11-7-14-6-5-12(11)13/h2-7,10,15-16H,8-9H2,1H3. The highest BCUT2D eigenvalue weighted by Crippen LogP contribution is 2.24. The molecule has 0 spiro atoms. The van der Waals surface area contributed by atoms with E-state index in [4.69, 9.17) is 0 Å². The maximum absolute atomic E-state index is 12.4. The van der Waals surface area contributed by atoms with Crippen molar-refractivity contribution in [3.05, 3.63) is 36.7 Å². The van der Waals surface area contributed by atoms with Gasteiger partial charge >= 0.3 is 10.2 Å². The Labute approximate surface area is 118 Å². The minimum atomic E-state index is -3.54. The third-order valence-electron chi connectivity index (χ3n) is 3.35. The molecular weight excluding hydrogens is 276 g/mol. The van der Waals surface area contributed by atoms with E-state index in [1.807, 2.05) is 19.1 Å². The molecule has 0 radical (unpaired) electrons. The van der Waals surface area contributed by atoms with Gasteiger partial charge in [-0.3, -0.25) is 15.0 Å². The van der Waals surface area contributed by atoms with Crippen LogP contribution in [-0.4, -0.2) is 37.0 Å². The normalized spacial score (nSPS) is 20.4. The summed E-state index contributed by atoms with van der Waals surface area (Å²) in [6.45, 7) is 2.77. The summed E-state index contributed by atoms with van der Waals surface area (Å²) in [5.74, 6) is 0. The molecule has 1 saturated heterocycles. The first kappa shape index (κ1) is 13.3. The fraction of sp³-hybridized carbons (Fsp3) is 0.308. The van der Waals surface area contributed by atoms with Gasteiger partial charge in [-0.2, -0.15) is 12.7 Å². The minimum absolute atomic E-state index is 0.170. The summed E-state index contributed by atoms with van der Waals surface area (Å²) in [6.07, 6.45) is 3.37. The van der Waals surface area contributed by atoms with Crippen molar-refractivity contribution in [2.24, 2.45) is 0 Å². The van der Waals surface area contributed by atoms with E-state index in [1.54, 1.807) is 24.5 Å². The fourth-order valence-corrected chi connectivity index (χ4v) is 3.54. The quantitative estimate of drug-likeness (QED) is 0.890. The molecule has 106 valence electrons. The van der Waals surface area contributed by atoms with Gasteiger partial charge in [0.2, 0.25) is 0 Å². The van der Waals surface area contributed by atoms with Gasteiger partial charge in [0.1, 0.15) is 0 Å². The molecule has 1 aromatic carbocycles. The summed E-state index contributed by atoms with van der Waals surface area (Å²) >= 11 is 0. The fourth-order valence-electron chi connectivity index (χ4n) is 2.29. The lowest BCUT2D eigenvalue weighted by atomic mass is 10.1. The van der Waals surface area contributed by atoms with Gasteiger partial charge in [-0.25, -0.2) is 0 Å². The zero-order valence-electron chi connectivity index (χ0n) is 11.1. The number of pyridine rings is 1. The Hall–Kier alpha value is -1.70. The topological polar surface area (TPSA) is 74.3 Å². The monoisotopic (exact) mass is 292 g/mol. The van der Waals surface area contributed by atoms with Crippen molar-refractivity contribution in [2.45, 2.75) is 13.0 Å². The molecule has 2 heterocycles. The Kier molecular flexibility index (Phi) is 3.33. The van der Waals surface area contributed by atoms with Crippen LogP contribution in [0.25, 0.3) is 10.8 Å². The predicted octanol–water partition coefficient (Wildman–Crippen LogP) is 1.14. The summed E-state index contributed by atoms with van der Waals surface area (Å²) < 4.78 is 28.8. The van der Waals surface area contributed by atoms with Crippen molar-refractivity contribution in [2.75, 3.05) is 17.9 Å². The molecule has 1 atom stereocenters. The first-order valence-corrected chi connectivity index (χ1v) is 7.84. The molecule has 1 aliphatic heterocycles. The Morgan fingerprint density at radius 2 is 2.25 bits per heavy atom. The van der Waals surface area contributed by atoms with E-state index in [0.717, 1.165) is 10.8 Å². The second kappa shape index (κ2) is 5.01. The van der Waals surface area contributed by atoms with Crippen LogP contribution in [0.15, 0.2) is 36.7 Å². The third-order valence-corrected chi connectivity index (χ3v) is 4.79. The lowest BCUT2D eigenvalue weighted by Crippen LogP contribution is -2.35. The highest BCUT2D eigenvalue weighted by Gasteiger charge is 2.29. The number of benzene rings is 1. The van der Waals surface area contributed by atoms with Gasteiger partial charge in [0.25, 0.3) is 0 Å². The molecule has 1 aliphatic rings. The van der Waals surface area contributed by atoms with E-state index in [1.165, 1.54) is 4.31 Å². The maximum Gasteiger partial charge on any atom is 0.302 e. The van der Waals surface area contributed by atoms with Gasteiger partial charge in [0, 0.05) is 35.8 Å². The van der Waals surface area contributed by atoms with Gasteiger partial charge in [0.05, 0.1) is 12.4 Å². The second-order valence-corrected chi connectivity index (χ2v) is 6.58. The molecule has 0 bridgehead atoms. The van der Waals surface area contributed by atoms with E-state index < -0.39 is 10.2 Å². The van der Waals surface area contributed by atoms with Crippen molar-refractivity contribution < 1.29 is 8.42 Å². The second-order valence-electron chi connectivity index (χ2n) is 4.91. The van der Waals surface area contributed by atoms with Crippen LogP contribution in [0.4, 0.5) is 5.69 Å². The third kappa shape index (κ3) is 2.47. The number of fused-ring (bicyclic) bond motifs is 1. The molecule has 0 amide bonds. The summed E-state index contributed by atoms with van der Waals surface area (Å²) in [4.78, 5) is 4.04. The molecule has 20 heavy (non-hydrogen) atoms. The Bertz CT molecular complexity index is 727. The van der Waals surface area contributed by atoms with Crippen molar-refractivity contribution in [1.29, 1.82) is 0 Å². The Morgan fingerprint density at radius 1 is 1.40 bits per heavy atom. The lowest BCUT2D eigenvalue weighted by Gasteiger charge is -2.17. The van der Waals surface area contributed by atoms with Crippen LogP contribution in [-0.2, 0) is 10.2 Å². The van der Waals surface area contributed by atoms with Crippen LogP contribution in [0.1, 0.15) is 6.92 Å². The van der Waals surface area contributed by atoms with Gasteiger partial charge in [-0.15, -0.1) is 0 Å². The number of rotatable bonds is 3. The van der Waals surface area contributed by atoms with E-state index in [9.17, 15) is 8.42 Å². The molecule has 3 rings (SSSR count). The zero-order chi connectivity index (χ0) is 14.2. The highest BCUT2D eigenvalue weighted by molar-refractivity contribution is 7.90. The molecule has 1 fully saturated rings. The van der Waals surface area contributed by atoms with Crippen LogP contribution in [0.2, 0.25) is 0 Å². The van der Waals surface area contributed by atoms with E-state index in [0.29, 0.717) is 18.9 Å². The summed E-state index contributed by atoms with van der Waals surface area (Å²) in [6, 6.07) is 7.44. The van der Waals surface area contributed by atoms with Gasteiger partial charge in [-0.1, -0.05) is 12.1 Å². The van der Waals surface area contributed by atoms with E-state index in [-0.39, 0.29) is 6.04 Å². The van der Waals surface area contributed by atoms with Gasteiger partial charge < -0.3 is 0 Å². The molecule has 7 heteroatoms. The van der Waals surface area contributed by atoms with Crippen LogP contribution in [0.5, 0.6) is 0 Å². The molecule has 2 N–H and O–H groups in total. The number of hydrogen-bond donors (Lipinski definition) is 2. The molecule has 0 saturated carbocycles. The first-order chi connectivity index (χ1) is 9.56. The molecule has 0 aliphatic carbocycles. The van der Waals surface area contributed by atoms with Crippen LogP contribution >= 0.6 is 0 Å². The molecule has 6 nitrogen and oxygen atoms in total. The average molecular weight is 292 g/mol. The van der Waals surface area contributed by atoms with Crippen LogP contribution in [0, 0.1) is 0 Å². The number of hydrogen-bond acceptors (Lipinski definition) is 4. The average Bonchev–Trinajstić information content (AvgIpc) is 2.86. The predicted molar refractivity (Wildman–Crippen MR) is 78.5 cm³/mol. The van der Waals surface area contributed by atoms with E-state index in [2.05, 4.69) is 15.0 Å². The number of anilines is 1. The Balaban J connectivity index is 1.93. The summed E-state index contributed by atoms with van der Waals surface area (Å²) in [5.41, 5.74) is 0.574. The Morgan fingerprint density at radius 3 is 3.00 bits per heavy atom. The van der Waals surface area contributed by atoms with Gasteiger partial charge in [-0.05, 0) is 19.1 Å². The molecule has 2 aromatic rings. The molecule has 1 aromatic heterocycles. The number of aromatic nitrogens is 1. The van der Waals surface area contributed by atoms with Crippen molar-refractivity contribution in [1.82, 2.24) is 14.6 Å². The minimum Gasteiger partial charge on any atom is -0.300 e. The highest BCUT2D eigenvalue weighted by atomic mass is 32.2. The first-order valence-electron chi connectivity index (χ1n) is 6.40. The molecular formula is C13H16N4O2S. The smallest absolute Gasteiger partial charge is 0.300 e. The maximum atomic E-state index is 12.4. The lowest BCUT2D eigenvalue weighted by molar-refractivity contribution is 0.476. The van der Waals surface area contributed by atoms with Crippen molar-refractivity contribution >= 4 is 26.7 Å². The summed E-state index contributed by atoms with van der Waals surface area (Å²) in [7, 11) is -3.54. The summed E-state index contributed by atoms with van der Waals surface area (Å²) in [5, 5.41) is 4.84. The number of nitrogens with zero attached hydrogens (tertiary/aromatic N) is 2. The van der Waals surface area contributed by atoms with Crippen LogP contribution in [0.3, 0.4) is 0 Å². The van der Waals surface area contributed by atoms with Gasteiger partial charge in [0.15, 0.2) is 0 Å². The SMILES string of the molecule is CC1CN(S(=O)(=O)Nc2cccc3cnccc23)CN1. The largest absolute Gasteiger partial charge is 0.302 e. The van der Waals surface area contributed by atoms with E-state index >= 15 is 0 Å².